The van der Waals surface area contributed by atoms with E-state index in [9.17, 15) is 18.0 Å². The third-order valence-corrected chi connectivity index (χ3v) is 5.43. The number of hydrogen-bond acceptors (Lipinski definition) is 4. The number of carboxylic acids is 1. The van der Waals surface area contributed by atoms with Gasteiger partial charge in [0.05, 0.1) is 0 Å². The van der Waals surface area contributed by atoms with E-state index in [4.69, 9.17) is 9.90 Å². The minimum absolute atomic E-state index is 0.0795. The Morgan fingerprint density at radius 2 is 1.78 bits per heavy atom. The number of amides is 1. The summed E-state index contributed by atoms with van der Waals surface area (Å²) in [7, 11) is 6.20. The van der Waals surface area contributed by atoms with Crippen LogP contribution in [-0.4, -0.2) is 75.7 Å². The molecule has 1 saturated carbocycles. The van der Waals surface area contributed by atoms with Gasteiger partial charge in [0, 0.05) is 38.6 Å². The number of halogens is 3. The van der Waals surface area contributed by atoms with Crippen LogP contribution in [0.3, 0.4) is 0 Å². The van der Waals surface area contributed by atoms with Crippen molar-refractivity contribution in [2.45, 2.75) is 37.9 Å². The maximum atomic E-state index is 12.4. The van der Waals surface area contributed by atoms with Crippen LogP contribution in [0.25, 0.3) is 0 Å². The number of aromatic nitrogens is 2. The first-order valence-corrected chi connectivity index (χ1v) is 8.68. The molecule has 1 aliphatic heterocycles. The molecule has 1 aromatic rings. The van der Waals surface area contributed by atoms with Crippen molar-refractivity contribution in [1.82, 2.24) is 19.4 Å². The van der Waals surface area contributed by atoms with E-state index >= 15 is 0 Å². The minimum Gasteiger partial charge on any atom is -0.475 e. The van der Waals surface area contributed by atoms with Crippen LogP contribution in [0.5, 0.6) is 0 Å². The van der Waals surface area contributed by atoms with Crippen LogP contribution in [0.4, 0.5) is 13.2 Å². The van der Waals surface area contributed by atoms with E-state index in [1.54, 1.807) is 10.8 Å². The average molecular weight is 390 g/mol. The van der Waals surface area contributed by atoms with Gasteiger partial charge >= 0.3 is 12.1 Å². The van der Waals surface area contributed by atoms with Crippen molar-refractivity contribution in [2.75, 3.05) is 27.2 Å². The maximum absolute atomic E-state index is 12.4. The van der Waals surface area contributed by atoms with Crippen molar-refractivity contribution in [2.24, 2.45) is 12.5 Å². The fourth-order valence-electron chi connectivity index (χ4n) is 3.61. The highest BCUT2D eigenvalue weighted by Gasteiger charge is 2.47. The van der Waals surface area contributed by atoms with Crippen LogP contribution in [0.2, 0.25) is 0 Å². The summed E-state index contributed by atoms with van der Waals surface area (Å²) in [5.74, 6) is -2.12. The molecule has 7 nitrogen and oxygen atoms in total. The fourth-order valence-corrected chi connectivity index (χ4v) is 3.61. The molecule has 1 N–H and O–H groups in total. The normalized spacial score (nSPS) is 19.4. The number of alkyl halides is 3. The highest BCUT2D eigenvalue weighted by atomic mass is 19.4. The largest absolute Gasteiger partial charge is 0.490 e. The number of carbonyl (C=O) groups excluding carboxylic acids is 1. The number of likely N-dealkylation sites (tertiary alicyclic amines) is 1. The molecule has 1 amide bonds. The van der Waals surface area contributed by atoms with Gasteiger partial charge in [0.25, 0.3) is 5.91 Å². The van der Waals surface area contributed by atoms with Gasteiger partial charge in [-0.3, -0.25) is 4.79 Å². The molecule has 27 heavy (non-hydrogen) atoms. The monoisotopic (exact) mass is 390 g/mol. The number of aryl methyl sites for hydroxylation is 1. The number of hydrogen-bond donors (Lipinski definition) is 1. The topological polar surface area (TPSA) is 78.7 Å². The molecule has 0 unspecified atom stereocenters. The summed E-state index contributed by atoms with van der Waals surface area (Å²) in [5.41, 5.74) is 0.507. The molecule has 2 aliphatic rings. The molecular weight excluding hydrogens is 365 g/mol. The number of rotatable bonds is 2. The summed E-state index contributed by atoms with van der Waals surface area (Å²) >= 11 is 0. The predicted octanol–water partition coefficient (Wildman–Crippen LogP) is 2.00. The van der Waals surface area contributed by atoms with Gasteiger partial charge in [0.15, 0.2) is 5.82 Å². The minimum atomic E-state index is -5.08. The summed E-state index contributed by atoms with van der Waals surface area (Å²) in [5, 5.41) is 7.12. The summed E-state index contributed by atoms with van der Waals surface area (Å²) in [6.45, 7) is 1.76. The molecule has 3 rings (SSSR count). The zero-order chi connectivity index (χ0) is 20.4. The van der Waals surface area contributed by atoms with Crippen molar-refractivity contribution < 1.29 is 27.9 Å². The fraction of sp³-hybridized carbons (Fsp3) is 0.706. The van der Waals surface area contributed by atoms with Crippen molar-refractivity contribution in [3.8, 4) is 0 Å². The molecule has 2 fully saturated rings. The summed E-state index contributed by atoms with van der Waals surface area (Å²) in [4.78, 5) is 29.8. The van der Waals surface area contributed by atoms with Crippen LogP contribution in [-0.2, 0) is 11.8 Å². The third kappa shape index (κ3) is 5.00. The Labute approximate surface area is 155 Å². The molecule has 0 aromatic carbocycles. The Bertz CT molecular complexity index is 671. The smallest absolute Gasteiger partial charge is 0.475 e. The van der Waals surface area contributed by atoms with E-state index in [0.717, 1.165) is 32.0 Å². The van der Waals surface area contributed by atoms with Crippen LogP contribution < -0.4 is 0 Å². The van der Waals surface area contributed by atoms with E-state index < -0.39 is 12.1 Å². The Kier molecular flexibility index (Phi) is 6.18. The molecule has 0 bridgehead atoms. The first kappa shape index (κ1) is 21.2. The molecule has 2 heterocycles. The summed E-state index contributed by atoms with van der Waals surface area (Å²) in [6.07, 6.45) is 3.31. The molecule has 1 saturated heterocycles. The Hall–Kier alpha value is -2.10. The lowest BCUT2D eigenvalue weighted by atomic mass is 9.60. The number of carboxylic acid groups (broad SMARTS) is 1. The SMILES string of the molecule is CN(C)C1CC2(CCN(C(=O)c3nccn3C)CC2)C1.O=C(O)C(F)(F)F. The van der Waals surface area contributed by atoms with E-state index in [1.165, 1.54) is 12.8 Å². The summed E-state index contributed by atoms with van der Waals surface area (Å²) in [6, 6.07) is 0.742. The summed E-state index contributed by atoms with van der Waals surface area (Å²) < 4.78 is 33.5. The molecular formula is C17H25F3N4O3. The first-order valence-electron chi connectivity index (χ1n) is 8.68. The van der Waals surface area contributed by atoms with Crippen molar-refractivity contribution in [1.29, 1.82) is 0 Å². The lowest BCUT2D eigenvalue weighted by molar-refractivity contribution is -0.192. The number of imidazole rings is 1. The van der Waals surface area contributed by atoms with Crippen LogP contribution in [0.1, 0.15) is 36.3 Å². The van der Waals surface area contributed by atoms with Gasteiger partial charge < -0.3 is 19.5 Å². The van der Waals surface area contributed by atoms with Gasteiger partial charge in [-0.15, -0.1) is 0 Å². The van der Waals surface area contributed by atoms with Crippen LogP contribution in [0, 0.1) is 5.41 Å². The van der Waals surface area contributed by atoms with E-state index in [-0.39, 0.29) is 5.91 Å². The standard InChI is InChI=1S/C15H24N4O.C2HF3O2/c1-17(2)12-10-15(11-12)4-7-19(8-5-15)14(20)13-16-6-9-18(13)3;3-2(4,5)1(6)7/h6,9,12H,4-5,7-8,10-11H2,1-3H3;(H,6,7). The molecule has 10 heteroatoms. The van der Waals surface area contributed by atoms with E-state index in [2.05, 4.69) is 24.0 Å². The Morgan fingerprint density at radius 3 is 2.15 bits per heavy atom. The Balaban J connectivity index is 0.000000321. The lowest BCUT2D eigenvalue weighted by Gasteiger charge is -2.54. The number of nitrogens with zero attached hydrogens (tertiary/aromatic N) is 4. The second kappa shape index (κ2) is 7.87. The van der Waals surface area contributed by atoms with Crippen LogP contribution >= 0.6 is 0 Å². The molecule has 152 valence electrons. The number of carbonyl (C=O) groups is 2. The quantitative estimate of drug-likeness (QED) is 0.836. The predicted molar refractivity (Wildman–Crippen MR) is 91.2 cm³/mol. The van der Waals surface area contributed by atoms with Crippen LogP contribution in [0.15, 0.2) is 12.4 Å². The van der Waals surface area contributed by atoms with Crippen molar-refractivity contribution in [3.05, 3.63) is 18.2 Å². The highest BCUT2D eigenvalue weighted by Crippen LogP contribution is 2.50. The van der Waals surface area contributed by atoms with E-state index in [1.807, 2.05) is 18.1 Å². The molecule has 0 atom stereocenters. The van der Waals surface area contributed by atoms with Gasteiger partial charge in [0.1, 0.15) is 0 Å². The Morgan fingerprint density at radius 1 is 1.26 bits per heavy atom. The molecule has 1 spiro atoms. The second-order valence-corrected chi connectivity index (χ2v) is 7.48. The molecule has 1 aliphatic carbocycles. The zero-order valence-electron chi connectivity index (χ0n) is 15.7. The third-order valence-electron chi connectivity index (χ3n) is 5.43. The van der Waals surface area contributed by atoms with Gasteiger partial charge in [0.2, 0.25) is 0 Å². The van der Waals surface area contributed by atoms with Crippen molar-refractivity contribution >= 4 is 11.9 Å². The van der Waals surface area contributed by atoms with Gasteiger partial charge in [-0.2, -0.15) is 13.2 Å². The van der Waals surface area contributed by atoms with Gasteiger partial charge in [-0.05, 0) is 45.2 Å². The second-order valence-electron chi connectivity index (χ2n) is 7.48. The van der Waals surface area contributed by atoms with Gasteiger partial charge in [-0.1, -0.05) is 0 Å². The average Bonchev–Trinajstić information content (AvgIpc) is 2.97. The van der Waals surface area contributed by atoms with Crippen molar-refractivity contribution in [3.63, 3.8) is 0 Å². The molecule has 0 radical (unpaired) electrons. The van der Waals surface area contributed by atoms with E-state index in [0.29, 0.717) is 11.2 Å². The number of piperidine rings is 1. The maximum Gasteiger partial charge on any atom is 0.490 e. The highest BCUT2D eigenvalue weighted by molar-refractivity contribution is 5.90. The zero-order valence-corrected chi connectivity index (χ0v) is 15.7. The lowest BCUT2D eigenvalue weighted by Crippen LogP contribution is -2.54. The van der Waals surface area contributed by atoms with Gasteiger partial charge in [-0.25, -0.2) is 9.78 Å². The molecule has 1 aromatic heterocycles. The first-order chi connectivity index (χ1) is 12.4. The number of aliphatic carboxylic acids is 1.